The molecule has 0 unspecified atom stereocenters. The predicted molar refractivity (Wildman–Crippen MR) is 131 cm³/mol. The van der Waals surface area contributed by atoms with Gasteiger partial charge in [0.15, 0.2) is 6.10 Å². The predicted octanol–water partition coefficient (Wildman–Crippen LogP) is 1.50. The van der Waals surface area contributed by atoms with Crippen molar-refractivity contribution in [3.63, 3.8) is 0 Å². The van der Waals surface area contributed by atoms with Crippen LogP contribution in [0.2, 0.25) is 0 Å². The Morgan fingerprint density at radius 3 is 2.10 bits per heavy atom. The van der Waals surface area contributed by atoms with Crippen molar-refractivity contribution in [2.75, 3.05) is 0 Å². The van der Waals surface area contributed by atoms with Crippen LogP contribution in [-0.2, 0) is 38.2 Å². The van der Waals surface area contributed by atoms with Gasteiger partial charge in [0, 0.05) is 25.7 Å². The van der Waals surface area contributed by atoms with E-state index in [-0.39, 0.29) is 37.4 Å². The zero-order valence-corrected chi connectivity index (χ0v) is 22.8. The summed E-state index contributed by atoms with van der Waals surface area (Å²) in [5.74, 6) is -9.71. The van der Waals surface area contributed by atoms with Crippen molar-refractivity contribution in [1.29, 1.82) is 0 Å². The van der Waals surface area contributed by atoms with Crippen molar-refractivity contribution < 1.29 is 63.7 Å². The average Bonchev–Trinajstić information content (AvgIpc) is 3.06. The summed E-state index contributed by atoms with van der Waals surface area (Å²) in [6.07, 6.45) is -5.12. The molecule has 8 atom stereocenters. The van der Waals surface area contributed by atoms with E-state index in [0.29, 0.717) is 18.8 Å². The first-order valence-corrected chi connectivity index (χ1v) is 13.3. The van der Waals surface area contributed by atoms with E-state index in [2.05, 4.69) is 6.92 Å². The summed E-state index contributed by atoms with van der Waals surface area (Å²) in [6.45, 7) is 7.79. The van der Waals surface area contributed by atoms with Gasteiger partial charge in [0.2, 0.25) is 23.1 Å². The Bertz CT molecular complexity index is 950. The monoisotopic (exact) mass is 560 g/mol. The standard InChI is InChI=1S/C26H40O13/c1-5-8-16(27)9-7-12-24-18(29)19(37-17(28)11-10-15(4)13-14(3)6-2)26(39-24,23(34)35)25(36,22(32)33)20(38-24)21(30)31/h14-15,18-20,29,36H,5-13H2,1-4H3,(H,30,31)(H,32,33)(H,34,35)/t14-,15+,18+,19+,20+,24-,25+,26-/m0/s1. The molecule has 0 aromatic carbocycles. The van der Waals surface area contributed by atoms with E-state index in [9.17, 15) is 49.5 Å². The Morgan fingerprint density at radius 2 is 1.59 bits per heavy atom. The first-order chi connectivity index (χ1) is 18.1. The number of ether oxygens (including phenoxy) is 3. The van der Waals surface area contributed by atoms with Crippen LogP contribution in [0.4, 0.5) is 0 Å². The fourth-order valence-electron chi connectivity index (χ4n) is 5.42. The molecule has 2 rings (SSSR count). The molecule has 0 saturated carbocycles. The van der Waals surface area contributed by atoms with Gasteiger partial charge in [0.1, 0.15) is 11.9 Å². The summed E-state index contributed by atoms with van der Waals surface area (Å²) in [4.78, 5) is 61.8. The molecule has 2 heterocycles. The van der Waals surface area contributed by atoms with Crippen molar-refractivity contribution >= 4 is 29.7 Å². The van der Waals surface area contributed by atoms with Crippen LogP contribution in [0.1, 0.15) is 85.5 Å². The number of carboxylic acid groups (broad SMARTS) is 3. The third-order valence-electron chi connectivity index (χ3n) is 7.71. The third kappa shape index (κ3) is 6.11. The van der Waals surface area contributed by atoms with Crippen LogP contribution in [-0.4, -0.2) is 90.5 Å². The van der Waals surface area contributed by atoms with Gasteiger partial charge in [-0.05, 0) is 37.5 Å². The maximum atomic E-state index is 12.8. The maximum absolute atomic E-state index is 12.8. The van der Waals surface area contributed by atoms with Crippen LogP contribution in [0.25, 0.3) is 0 Å². The number of rotatable bonds is 16. The quantitative estimate of drug-likeness (QED) is 0.169. The topological polar surface area (TPSA) is 214 Å². The largest absolute Gasteiger partial charge is 0.479 e. The van der Waals surface area contributed by atoms with Crippen molar-refractivity contribution in [2.24, 2.45) is 11.8 Å². The number of hydrogen-bond donors (Lipinski definition) is 5. The summed E-state index contributed by atoms with van der Waals surface area (Å²) in [6, 6.07) is 0. The molecule has 0 aromatic rings. The van der Waals surface area contributed by atoms with E-state index in [1.807, 2.05) is 13.8 Å². The molecule has 2 aliphatic heterocycles. The molecule has 5 N–H and O–H groups in total. The Labute approximate surface area is 226 Å². The second-order valence-electron chi connectivity index (χ2n) is 10.8. The van der Waals surface area contributed by atoms with Gasteiger partial charge in [-0.25, -0.2) is 14.4 Å². The molecule has 13 nitrogen and oxygen atoms in total. The summed E-state index contributed by atoms with van der Waals surface area (Å²) in [5, 5.41) is 52.2. The molecular weight excluding hydrogens is 520 g/mol. The first kappa shape index (κ1) is 32.6. The van der Waals surface area contributed by atoms with Crippen molar-refractivity contribution in [2.45, 2.75) is 121 Å². The maximum Gasteiger partial charge on any atom is 0.344 e. The molecule has 2 aliphatic rings. The van der Waals surface area contributed by atoms with Crippen molar-refractivity contribution in [1.82, 2.24) is 0 Å². The zero-order valence-electron chi connectivity index (χ0n) is 22.8. The molecule has 0 spiro atoms. The lowest BCUT2D eigenvalue weighted by Crippen LogP contribution is -2.78. The molecule has 13 heteroatoms. The fraction of sp³-hybridized carbons (Fsp3) is 0.808. The highest BCUT2D eigenvalue weighted by atomic mass is 16.8. The van der Waals surface area contributed by atoms with Gasteiger partial charge in [0.25, 0.3) is 0 Å². The van der Waals surface area contributed by atoms with E-state index in [4.69, 9.17) is 14.2 Å². The number of carbonyl (C=O) groups excluding carboxylic acids is 2. The molecule has 0 aliphatic carbocycles. The molecule has 2 saturated heterocycles. The average molecular weight is 561 g/mol. The molecule has 0 radical (unpaired) electrons. The highest BCUT2D eigenvalue weighted by Crippen LogP contribution is 2.55. The Morgan fingerprint density at radius 1 is 0.949 bits per heavy atom. The van der Waals surface area contributed by atoms with Crippen molar-refractivity contribution in [3.05, 3.63) is 0 Å². The van der Waals surface area contributed by atoms with Crippen molar-refractivity contribution in [3.8, 4) is 0 Å². The van der Waals surface area contributed by atoms with Crippen LogP contribution in [0.5, 0.6) is 0 Å². The molecule has 2 bridgehead atoms. The number of fused-ring (bicyclic) bond motifs is 2. The lowest BCUT2D eigenvalue weighted by molar-refractivity contribution is -0.374. The van der Waals surface area contributed by atoms with E-state index >= 15 is 0 Å². The second-order valence-corrected chi connectivity index (χ2v) is 10.8. The van der Waals surface area contributed by atoms with Gasteiger partial charge in [-0.1, -0.05) is 34.1 Å². The Hall–Kier alpha value is -2.61. The number of aliphatic carboxylic acids is 3. The second kappa shape index (κ2) is 12.7. The molecule has 39 heavy (non-hydrogen) atoms. The number of aliphatic hydroxyl groups is 2. The fourth-order valence-corrected chi connectivity index (χ4v) is 5.42. The van der Waals surface area contributed by atoms with Gasteiger partial charge in [-0.2, -0.15) is 0 Å². The number of carboxylic acids is 3. The third-order valence-corrected chi connectivity index (χ3v) is 7.71. The SMILES string of the molecule is CCCC(=O)CCC[C@]12O[C@H](C(=O)O)[C@@](O)(C(=O)O)[C@](C(=O)O)(O1)[C@H](OC(=O)CC[C@@H](C)C[C@@H](C)CC)[C@H]2O. The van der Waals surface area contributed by atoms with Crippen LogP contribution in [0.15, 0.2) is 0 Å². The smallest absolute Gasteiger partial charge is 0.344 e. The minimum Gasteiger partial charge on any atom is -0.479 e. The zero-order chi connectivity index (χ0) is 29.8. The van der Waals surface area contributed by atoms with Gasteiger partial charge < -0.3 is 39.7 Å². The van der Waals surface area contributed by atoms with Crippen LogP contribution in [0, 0.1) is 11.8 Å². The number of ketones is 1. The summed E-state index contributed by atoms with van der Waals surface area (Å²) >= 11 is 0. The van der Waals surface area contributed by atoms with E-state index < -0.39 is 65.6 Å². The number of esters is 1. The molecule has 222 valence electrons. The first-order valence-electron chi connectivity index (χ1n) is 13.3. The highest BCUT2D eigenvalue weighted by molar-refractivity contribution is 5.98. The molecule has 2 fully saturated rings. The van der Waals surface area contributed by atoms with Gasteiger partial charge >= 0.3 is 23.9 Å². The summed E-state index contributed by atoms with van der Waals surface area (Å²) in [5.41, 5.74) is -7.25. The normalized spacial score (nSPS) is 33.2. The lowest BCUT2D eigenvalue weighted by Gasteiger charge is -2.48. The minimum atomic E-state index is -3.81. The number of hydrogen-bond acceptors (Lipinski definition) is 10. The Kier molecular flexibility index (Phi) is 10.6. The van der Waals surface area contributed by atoms with Gasteiger partial charge in [0.05, 0.1) is 0 Å². The Balaban J connectivity index is 2.47. The number of aliphatic hydroxyl groups excluding tert-OH is 1. The van der Waals surface area contributed by atoms with E-state index in [1.54, 1.807) is 6.92 Å². The van der Waals surface area contributed by atoms with Crippen LogP contribution < -0.4 is 0 Å². The summed E-state index contributed by atoms with van der Waals surface area (Å²) in [7, 11) is 0. The summed E-state index contributed by atoms with van der Waals surface area (Å²) < 4.78 is 16.1. The molecular formula is C26H40O13. The molecule has 0 aromatic heterocycles. The number of carbonyl (C=O) groups is 5. The van der Waals surface area contributed by atoms with Crippen LogP contribution in [0.3, 0.4) is 0 Å². The number of Topliss-reactive ketones (excluding diaryl/α,β-unsaturated/α-hetero) is 1. The van der Waals surface area contributed by atoms with E-state index in [1.165, 1.54) is 0 Å². The van der Waals surface area contributed by atoms with Gasteiger partial charge in [-0.3, -0.25) is 9.59 Å². The molecule has 0 amide bonds. The van der Waals surface area contributed by atoms with Crippen LogP contribution >= 0.6 is 0 Å². The minimum absolute atomic E-state index is 0.0471. The van der Waals surface area contributed by atoms with E-state index in [0.717, 1.165) is 12.8 Å². The van der Waals surface area contributed by atoms with Gasteiger partial charge in [-0.15, -0.1) is 0 Å². The highest BCUT2D eigenvalue weighted by Gasteiger charge is 2.85. The lowest BCUT2D eigenvalue weighted by atomic mass is 9.74.